The molecule has 21 heavy (non-hydrogen) atoms. The van der Waals surface area contributed by atoms with E-state index in [2.05, 4.69) is 4.72 Å². The van der Waals surface area contributed by atoms with Crippen molar-refractivity contribution in [3.8, 4) is 0 Å². The third-order valence-electron chi connectivity index (χ3n) is 3.22. The summed E-state index contributed by atoms with van der Waals surface area (Å²) in [5, 5.41) is 0.542. The molecule has 1 unspecified atom stereocenters. The Labute approximate surface area is 131 Å². The molecule has 0 bridgehead atoms. The average Bonchev–Trinajstić information content (AvgIpc) is 2.45. The number of hydrogen-bond acceptors (Lipinski definition) is 2. The van der Waals surface area contributed by atoms with Gasteiger partial charge in [0, 0.05) is 11.6 Å². The summed E-state index contributed by atoms with van der Waals surface area (Å²) in [6.45, 7) is 2.38. The molecule has 0 aliphatic heterocycles. The summed E-state index contributed by atoms with van der Waals surface area (Å²) < 4.78 is 26.8. The van der Waals surface area contributed by atoms with Gasteiger partial charge in [-0.3, -0.25) is 0 Å². The quantitative estimate of drug-likeness (QED) is 0.883. The van der Waals surface area contributed by atoms with Gasteiger partial charge >= 0.3 is 0 Å². The van der Waals surface area contributed by atoms with Gasteiger partial charge in [0.1, 0.15) is 0 Å². The average molecular weight is 324 g/mol. The summed E-state index contributed by atoms with van der Waals surface area (Å²) in [5.74, 6) is 0.0649. The van der Waals surface area contributed by atoms with Crippen LogP contribution in [0.4, 0.5) is 0 Å². The van der Waals surface area contributed by atoms with Crippen molar-refractivity contribution < 1.29 is 8.42 Å². The SMILES string of the molecule is CC(CNS(=O)(=O)Cc1cccc(Cl)c1)c1ccccc1. The minimum absolute atomic E-state index is 0.0604. The number of halogens is 1. The van der Waals surface area contributed by atoms with E-state index in [0.29, 0.717) is 17.1 Å². The number of nitrogens with one attached hydrogen (secondary N) is 1. The standard InChI is InChI=1S/C16H18ClNO2S/c1-13(15-7-3-2-4-8-15)11-18-21(19,20)12-14-6-5-9-16(17)10-14/h2-10,13,18H,11-12H2,1H3. The molecular weight excluding hydrogens is 306 g/mol. The summed E-state index contributed by atoms with van der Waals surface area (Å²) in [5.41, 5.74) is 1.80. The molecule has 0 amide bonds. The molecule has 5 heteroatoms. The highest BCUT2D eigenvalue weighted by Crippen LogP contribution is 2.15. The Morgan fingerprint density at radius 1 is 1.10 bits per heavy atom. The fourth-order valence-electron chi connectivity index (χ4n) is 2.05. The van der Waals surface area contributed by atoms with Gasteiger partial charge < -0.3 is 0 Å². The number of benzene rings is 2. The highest BCUT2D eigenvalue weighted by molar-refractivity contribution is 7.88. The van der Waals surface area contributed by atoms with E-state index < -0.39 is 10.0 Å². The lowest BCUT2D eigenvalue weighted by Gasteiger charge is -2.13. The molecule has 1 atom stereocenters. The lowest BCUT2D eigenvalue weighted by atomic mass is 10.0. The summed E-state index contributed by atoms with van der Waals surface area (Å²) in [4.78, 5) is 0. The fraction of sp³-hybridized carbons (Fsp3) is 0.250. The van der Waals surface area contributed by atoms with Crippen LogP contribution in [0.2, 0.25) is 5.02 Å². The molecule has 0 aliphatic rings. The van der Waals surface area contributed by atoms with E-state index in [4.69, 9.17) is 11.6 Å². The largest absolute Gasteiger partial charge is 0.215 e. The minimum Gasteiger partial charge on any atom is -0.214 e. The van der Waals surface area contributed by atoms with Crippen molar-refractivity contribution in [3.63, 3.8) is 0 Å². The molecule has 0 fully saturated rings. The third kappa shape index (κ3) is 5.16. The maximum atomic E-state index is 12.1. The van der Waals surface area contributed by atoms with E-state index in [-0.39, 0.29) is 11.7 Å². The van der Waals surface area contributed by atoms with Crippen LogP contribution in [0, 0.1) is 0 Å². The Balaban J connectivity index is 1.95. The first-order valence-corrected chi connectivity index (χ1v) is 8.76. The maximum absolute atomic E-state index is 12.1. The lowest BCUT2D eigenvalue weighted by molar-refractivity contribution is 0.574. The second-order valence-corrected chi connectivity index (χ2v) is 7.29. The molecule has 2 rings (SSSR count). The first-order valence-electron chi connectivity index (χ1n) is 6.73. The second kappa shape index (κ2) is 7.07. The Bertz CT molecular complexity index is 686. The van der Waals surface area contributed by atoms with Crippen LogP contribution in [0.15, 0.2) is 54.6 Å². The van der Waals surface area contributed by atoms with Crippen LogP contribution >= 0.6 is 11.6 Å². The van der Waals surface area contributed by atoms with Crippen LogP contribution < -0.4 is 4.72 Å². The smallest absolute Gasteiger partial charge is 0.214 e. The van der Waals surface area contributed by atoms with Crippen molar-refractivity contribution >= 4 is 21.6 Å². The molecule has 3 nitrogen and oxygen atoms in total. The maximum Gasteiger partial charge on any atom is 0.215 e. The van der Waals surface area contributed by atoms with Crippen molar-refractivity contribution in [3.05, 3.63) is 70.7 Å². The molecule has 2 aromatic carbocycles. The first kappa shape index (κ1) is 16.0. The van der Waals surface area contributed by atoms with Crippen LogP contribution in [0.25, 0.3) is 0 Å². The summed E-state index contributed by atoms with van der Waals surface area (Å²) >= 11 is 5.87. The Hall–Kier alpha value is -1.36. The Morgan fingerprint density at radius 3 is 2.48 bits per heavy atom. The van der Waals surface area contributed by atoms with Gasteiger partial charge in [0.25, 0.3) is 0 Å². The van der Waals surface area contributed by atoms with Crippen molar-refractivity contribution in [2.75, 3.05) is 6.54 Å². The monoisotopic (exact) mass is 323 g/mol. The van der Waals surface area contributed by atoms with Gasteiger partial charge in [0.05, 0.1) is 5.75 Å². The van der Waals surface area contributed by atoms with E-state index in [1.165, 1.54) is 0 Å². The van der Waals surface area contributed by atoms with Gasteiger partial charge in [0.2, 0.25) is 10.0 Å². The topological polar surface area (TPSA) is 46.2 Å². The van der Waals surface area contributed by atoms with Crippen molar-refractivity contribution in [1.29, 1.82) is 0 Å². The Kier molecular flexibility index (Phi) is 5.39. The predicted molar refractivity (Wildman–Crippen MR) is 86.9 cm³/mol. The zero-order valence-corrected chi connectivity index (χ0v) is 13.4. The molecule has 112 valence electrons. The van der Waals surface area contributed by atoms with E-state index in [1.807, 2.05) is 37.3 Å². The molecule has 1 N–H and O–H groups in total. The molecule has 0 saturated carbocycles. The number of rotatable bonds is 6. The van der Waals surface area contributed by atoms with Crippen LogP contribution in [0.3, 0.4) is 0 Å². The van der Waals surface area contributed by atoms with E-state index in [0.717, 1.165) is 5.56 Å². The molecule has 0 spiro atoms. The van der Waals surface area contributed by atoms with Crippen molar-refractivity contribution in [2.45, 2.75) is 18.6 Å². The number of hydrogen-bond donors (Lipinski definition) is 1. The Morgan fingerprint density at radius 2 is 1.81 bits per heavy atom. The van der Waals surface area contributed by atoms with Gasteiger partial charge in [-0.25, -0.2) is 13.1 Å². The van der Waals surface area contributed by atoms with Gasteiger partial charge in [0.15, 0.2) is 0 Å². The zero-order valence-electron chi connectivity index (χ0n) is 11.8. The zero-order chi connectivity index (χ0) is 15.3. The van der Waals surface area contributed by atoms with Gasteiger partial charge in [-0.15, -0.1) is 0 Å². The van der Waals surface area contributed by atoms with Gasteiger partial charge in [-0.2, -0.15) is 0 Å². The highest BCUT2D eigenvalue weighted by Gasteiger charge is 2.14. The molecular formula is C16H18ClNO2S. The molecule has 2 aromatic rings. The molecule has 0 aromatic heterocycles. The van der Waals surface area contributed by atoms with E-state index in [1.54, 1.807) is 24.3 Å². The lowest BCUT2D eigenvalue weighted by Crippen LogP contribution is -2.28. The highest BCUT2D eigenvalue weighted by atomic mass is 35.5. The fourth-order valence-corrected chi connectivity index (χ4v) is 3.49. The molecule has 0 aliphatic carbocycles. The summed E-state index contributed by atoms with van der Waals surface area (Å²) in [6, 6.07) is 16.7. The molecule has 0 heterocycles. The number of sulfonamides is 1. The van der Waals surface area contributed by atoms with E-state index >= 15 is 0 Å². The first-order chi connectivity index (χ1) is 9.96. The summed E-state index contributed by atoms with van der Waals surface area (Å²) in [7, 11) is -3.36. The minimum atomic E-state index is -3.36. The van der Waals surface area contributed by atoms with Crippen molar-refractivity contribution in [2.24, 2.45) is 0 Å². The van der Waals surface area contributed by atoms with Crippen LogP contribution in [0.5, 0.6) is 0 Å². The van der Waals surface area contributed by atoms with Gasteiger partial charge in [-0.05, 0) is 29.2 Å². The second-order valence-electron chi connectivity index (χ2n) is 5.05. The third-order valence-corrected chi connectivity index (χ3v) is 4.78. The van der Waals surface area contributed by atoms with Crippen LogP contribution in [-0.2, 0) is 15.8 Å². The summed E-state index contributed by atoms with van der Waals surface area (Å²) in [6.07, 6.45) is 0. The van der Waals surface area contributed by atoms with Crippen LogP contribution in [-0.4, -0.2) is 15.0 Å². The molecule has 0 saturated heterocycles. The normalized spacial score (nSPS) is 13.0. The van der Waals surface area contributed by atoms with Gasteiger partial charge in [-0.1, -0.05) is 61.0 Å². The molecule has 0 radical (unpaired) electrons. The van der Waals surface area contributed by atoms with Crippen molar-refractivity contribution in [1.82, 2.24) is 4.72 Å². The van der Waals surface area contributed by atoms with Crippen LogP contribution in [0.1, 0.15) is 24.0 Å². The van der Waals surface area contributed by atoms with E-state index in [9.17, 15) is 8.42 Å². The predicted octanol–water partition coefficient (Wildman–Crippen LogP) is 3.56.